The minimum Gasteiger partial charge on any atom is -0.508 e. The Hall–Kier alpha value is -3.52. The fraction of sp³-hybridized carbons (Fsp3) is 0.522. The maximum absolute atomic E-state index is 13.2. The number of aliphatic carboxylic acids is 1. The second-order valence-corrected chi connectivity index (χ2v) is 9.12. The summed E-state index contributed by atoms with van der Waals surface area (Å²) in [6, 6.07) is 2.23. The van der Waals surface area contributed by atoms with Crippen LogP contribution in [0.5, 0.6) is 5.75 Å². The number of aromatic hydroxyl groups is 1. The lowest BCUT2D eigenvalue weighted by Crippen LogP contribution is -2.57. The van der Waals surface area contributed by atoms with Crippen molar-refractivity contribution in [2.24, 2.45) is 22.2 Å². The number of carbonyl (C=O) groups excluding carboxylic acids is 3. The summed E-state index contributed by atoms with van der Waals surface area (Å²) in [5.74, 6) is -2.91. The van der Waals surface area contributed by atoms with E-state index in [2.05, 4.69) is 28.3 Å². The quantitative estimate of drug-likeness (QED) is 0.0619. The molecule has 0 saturated carbocycles. The summed E-state index contributed by atoms with van der Waals surface area (Å²) in [6.45, 7) is 0.493. The molecule has 14 heteroatoms. The minimum atomic E-state index is -1.21. The van der Waals surface area contributed by atoms with Crippen LogP contribution in [0.4, 0.5) is 0 Å². The van der Waals surface area contributed by atoms with Gasteiger partial charge in [-0.05, 0) is 49.8 Å². The van der Waals surface area contributed by atoms with Crippen molar-refractivity contribution in [3.63, 3.8) is 0 Å². The van der Waals surface area contributed by atoms with Gasteiger partial charge in [-0.2, -0.15) is 12.6 Å². The van der Waals surface area contributed by atoms with Crippen molar-refractivity contribution >= 4 is 42.3 Å². The van der Waals surface area contributed by atoms with Gasteiger partial charge in [-0.25, -0.2) is 4.79 Å². The number of thiol groups is 1. The number of carbonyl (C=O) groups is 4. The second kappa shape index (κ2) is 14.3. The van der Waals surface area contributed by atoms with Crippen LogP contribution in [0, 0.1) is 0 Å². The van der Waals surface area contributed by atoms with Gasteiger partial charge in [0.15, 0.2) is 5.96 Å². The first-order valence-electron chi connectivity index (χ1n) is 11.9. The van der Waals surface area contributed by atoms with E-state index >= 15 is 0 Å². The van der Waals surface area contributed by atoms with E-state index in [4.69, 9.17) is 17.2 Å². The van der Waals surface area contributed by atoms with Crippen molar-refractivity contribution in [2.45, 2.75) is 56.3 Å². The van der Waals surface area contributed by atoms with E-state index in [1.807, 2.05) is 0 Å². The number of carboxylic acid groups (broad SMARTS) is 1. The molecule has 0 spiro atoms. The highest BCUT2D eigenvalue weighted by Gasteiger charge is 2.38. The number of hydrogen-bond donors (Lipinski definition) is 8. The molecular formula is C23H35N7O6S. The van der Waals surface area contributed by atoms with Crippen LogP contribution in [-0.4, -0.2) is 87.8 Å². The molecule has 0 unspecified atom stereocenters. The Labute approximate surface area is 220 Å². The molecule has 4 atom stereocenters. The molecule has 0 aromatic heterocycles. The molecule has 1 aliphatic rings. The van der Waals surface area contributed by atoms with Crippen molar-refractivity contribution in [3.05, 3.63) is 29.8 Å². The molecule has 10 N–H and O–H groups in total. The number of likely N-dealkylation sites (tertiary alicyclic amines) is 1. The fourth-order valence-corrected chi connectivity index (χ4v) is 4.22. The third kappa shape index (κ3) is 9.13. The third-order valence-corrected chi connectivity index (χ3v) is 6.29. The molecule has 1 aromatic rings. The number of rotatable bonds is 13. The summed E-state index contributed by atoms with van der Waals surface area (Å²) in [5.41, 5.74) is 17.2. The molecule has 1 aromatic carbocycles. The number of benzene rings is 1. The normalized spacial score (nSPS) is 17.4. The molecule has 3 amide bonds. The van der Waals surface area contributed by atoms with E-state index in [-0.39, 0.29) is 43.4 Å². The number of amides is 3. The van der Waals surface area contributed by atoms with Crippen LogP contribution in [0.2, 0.25) is 0 Å². The van der Waals surface area contributed by atoms with Crippen molar-refractivity contribution in [1.29, 1.82) is 0 Å². The SMILES string of the molecule is NC(N)=NCCC[C@H](NC(=O)[C@@H]1CCCN1C(=O)[C@H](CS)NC(=O)[C@@H](N)Cc1ccc(O)cc1)C(=O)O. The standard InChI is InChI=1S/C23H35N7O6S/c24-15(11-13-5-7-14(31)8-6-13)19(32)29-17(12-37)21(34)30-10-2-4-18(30)20(33)28-16(22(35)36)3-1-9-27-23(25)26/h5-8,15-18,31,37H,1-4,9-12,24H2,(H,28,33)(H,29,32)(H,35,36)(H4,25,26,27)/t15-,16-,17-,18-/m0/s1. The molecular weight excluding hydrogens is 502 g/mol. The highest BCUT2D eigenvalue weighted by Crippen LogP contribution is 2.20. The number of guanidine groups is 1. The largest absolute Gasteiger partial charge is 0.508 e. The monoisotopic (exact) mass is 537 g/mol. The molecule has 1 fully saturated rings. The van der Waals surface area contributed by atoms with Gasteiger partial charge < -0.3 is 42.9 Å². The molecule has 204 valence electrons. The predicted molar refractivity (Wildman–Crippen MR) is 140 cm³/mol. The molecule has 1 aliphatic heterocycles. The Morgan fingerprint density at radius 2 is 1.81 bits per heavy atom. The average molecular weight is 538 g/mol. The summed E-state index contributed by atoms with van der Waals surface area (Å²) >= 11 is 4.19. The summed E-state index contributed by atoms with van der Waals surface area (Å²) < 4.78 is 0. The van der Waals surface area contributed by atoms with Crippen LogP contribution < -0.4 is 27.8 Å². The zero-order valence-electron chi connectivity index (χ0n) is 20.4. The van der Waals surface area contributed by atoms with Gasteiger partial charge in [0.05, 0.1) is 6.04 Å². The van der Waals surface area contributed by atoms with E-state index in [0.717, 1.165) is 5.56 Å². The topological polar surface area (TPSA) is 226 Å². The third-order valence-electron chi connectivity index (χ3n) is 5.92. The number of aliphatic imine (C=N–C) groups is 1. The van der Waals surface area contributed by atoms with Gasteiger partial charge in [-0.15, -0.1) is 0 Å². The number of phenols is 1. The summed E-state index contributed by atoms with van der Waals surface area (Å²) in [7, 11) is 0. The average Bonchev–Trinajstić information content (AvgIpc) is 3.35. The van der Waals surface area contributed by atoms with Crippen LogP contribution in [-0.2, 0) is 25.6 Å². The van der Waals surface area contributed by atoms with E-state index in [1.54, 1.807) is 12.1 Å². The first kappa shape index (κ1) is 29.7. The van der Waals surface area contributed by atoms with Crippen LogP contribution in [0.25, 0.3) is 0 Å². The Morgan fingerprint density at radius 1 is 1.14 bits per heavy atom. The Kier molecular flexibility index (Phi) is 11.5. The molecule has 1 saturated heterocycles. The lowest BCUT2D eigenvalue weighted by Gasteiger charge is -2.29. The van der Waals surface area contributed by atoms with E-state index in [1.165, 1.54) is 17.0 Å². The maximum Gasteiger partial charge on any atom is 0.326 e. The first-order chi connectivity index (χ1) is 17.5. The van der Waals surface area contributed by atoms with E-state index in [9.17, 15) is 29.4 Å². The Balaban J connectivity index is 1.98. The Bertz CT molecular complexity index is 986. The van der Waals surface area contributed by atoms with Gasteiger partial charge in [0.2, 0.25) is 17.7 Å². The molecule has 37 heavy (non-hydrogen) atoms. The fourth-order valence-electron chi connectivity index (χ4n) is 3.97. The minimum absolute atomic E-state index is 0.0239. The summed E-state index contributed by atoms with van der Waals surface area (Å²) in [6.07, 6.45) is 1.52. The zero-order valence-corrected chi connectivity index (χ0v) is 21.3. The van der Waals surface area contributed by atoms with E-state index in [0.29, 0.717) is 19.3 Å². The molecule has 0 bridgehead atoms. The maximum atomic E-state index is 13.2. The number of carboxylic acids is 1. The molecule has 0 radical (unpaired) electrons. The van der Waals surface area contributed by atoms with Gasteiger partial charge >= 0.3 is 5.97 Å². The van der Waals surface area contributed by atoms with Crippen LogP contribution in [0.15, 0.2) is 29.3 Å². The number of hydrogen-bond acceptors (Lipinski definition) is 8. The number of nitrogens with zero attached hydrogens (tertiary/aromatic N) is 2. The van der Waals surface area contributed by atoms with Gasteiger partial charge in [0.1, 0.15) is 23.9 Å². The van der Waals surface area contributed by atoms with Gasteiger partial charge in [-0.3, -0.25) is 19.4 Å². The molecule has 0 aliphatic carbocycles. The first-order valence-corrected chi connectivity index (χ1v) is 12.5. The number of nitrogens with one attached hydrogen (secondary N) is 2. The van der Waals surface area contributed by atoms with Crippen molar-refractivity contribution in [2.75, 3.05) is 18.8 Å². The molecule has 1 heterocycles. The van der Waals surface area contributed by atoms with Crippen molar-refractivity contribution < 1.29 is 29.4 Å². The van der Waals surface area contributed by atoms with Gasteiger partial charge in [-0.1, -0.05) is 12.1 Å². The highest BCUT2D eigenvalue weighted by molar-refractivity contribution is 7.80. The summed E-state index contributed by atoms with van der Waals surface area (Å²) in [4.78, 5) is 55.5. The van der Waals surface area contributed by atoms with Gasteiger partial charge in [0.25, 0.3) is 0 Å². The molecule has 13 nitrogen and oxygen atoms in total. The number of phenolic OH excluding ortho intramolecular Hbond substituents is 1. The Morgan fingerprint density at radius 3 is 2.41 bits per heavy atom. The highest BCUT2D eigenvalue weighted by atomic mass is 32.1. The van der Waals surface area contributed by atoms with Gasteiger partial charge in [0, 0.05) is 18.8 Å². The lowest BCUT2D eigenvalue weighted by molar-refractivity contribution is -0.144. The zero-order chi connectivity index (χ0) is 27.5. The summed E-state index contributed by atoms with van der Waals surface area (Å²) in [5, 5.41) is 24.0. The predicted octanol–water partition coefficient (Wildman–Crippen LogP) is -1.71. The second-order valence-electron chi connectivity index (χ2n) is 8.76. The van der Waals surface area contributed by atoms with Crippen LogP contribution in [0.1, 0.15) is 31.2 Å². The van der Waals surface area contributed by atoms with Crippen LogP contribution in [0.3, 0.4) is 0 Å². The smallest absolute Gasteiger partial charge is 0.326 e. The van der Waals surface area contributed by atoms with Crippen LogP contribution >= 0.6 is 12.6 Å². The molecule has 2 rings (SSSR count). The lowest BCUT2D eigenvalue weighted by atomic mass is 10.1. The van der Waals surface area contributed by atoms with Crippen molar-refractivity contribution in [3.8, 4) is 5.75 Å². The number of nitrogens with two attached hydrogens (primary N) is 3. The van der Waals surface area contributed by atoms with E-state index < -0.39 is 47.9 Å². The van der Waals surface area contributed by atoms with Crippen molar-refractivity contribution in [1.82, 2.24) is 15.5 Å².